The van der Waals surface area contributed by atoms with Crippen LogP contribution in [0.25, 0.3) is 11.1 Å². The first-order chi connectivity index (χ1) is 18.7. The molecule has 0 aliphatic heterocycles. The monoisotopic (exact) mass is 578 g/mol. The van der Waals surface area contributed by atoms with Crippen LogP contribution in [0.1, 0.15) is 67.3 Å². The number of aryl methyl sites for hydroxylation is 2. The second-order valence-electron chi connectivity index (χ2n) is 9.64. The van der Waals surface area contributed by atoms with E-state index < -0.39 is 74.8 Å². The molecule has 0 N–H and O–H groups in total. The fraction of sp³-hybridized carbons (Fsp3) is 0.379. The highest BCUT2D eigenvalue weighted by molar-refractivity contribution is 5.77. The van der Waals surface area contributed by atoms with Crippen LogP contribution in [-0.2, 0) is 30.8 Å². The molecule has 3 aromatic rings. The third kappa shape index (κ3) is 4.71. The Balaban J connectivity index is 1.80. The zero-order valence-electron chi connectivity index (χ0n) is 21.4. The van der Waals surface area contributed by atoms with Gasteiger partial charge in [0.05, 0.1) is 11.1 Å². The van der Waals surface area contributed by atoms with Gasteiger partial charge in [-0.3, -0.25) is 0 Å². The van der Waals surface area contributed by atoms with Gasteiger partial charge in [0.15, 0.2) is 11.6 Å². The Kier molecular flexibility index (Phi) is 7.90. The minimum Gasteiger partial charge on any atom is -0.426 e. The Hall–Kier alpha value is -3.24. The normalized spacial score (nSPS) is 15.5. The number of halogens is 10. The van der Waals surface area contributed by atoms with Crippen molar-refractivity contribution >= 4 is 0 Å². The van der Waals surface area contributed by atoms with Gasteiger partial charge in [0, 0.05) is 0 Å². The van der Waals surface area contributed by atoms with Crippen molar-refractivity contribution < 1.29 is 48.6 Å². The summed E-state index contributed by atoms with van der Waals surface area (Å²) in [6.07, 6.45) is -2.52. The Morgan fingerprint density at radius 1 is 0.625 bits per heavy atom. The zero-order valence-corrected chi connectivity index (χ0v) is 21.4. The largest absolute Gasteiger partial charge is 0.429 e. The SMILES string of the molecule is CCCCCc1ccc(OC(F)(F)c2ccc3c(c2F)C(F)(F)C(F)(F)c2c-3ccc(CCC)c2F)c(F)c1F. The van der Waals surface area contributed by atoms with E-state index in [1.54, 1.807) is 6.92 Å². The van der Waals surface area contributed by atoms with Gasteiger partial charge in [-0.2, -0.15) is 30.7 Å². The lowest BCUT2D eigenvalue weighted by Crippen LogP contribution is -2.42. The molecule has 0 aromatic heterocycles. The molecule has 0 unspecified atom stereocenters. The van der Waals surface area contributed by atoms with Crippen molar-refractivity contribution in [2.75, 3.05) is 0 Å². The summed E-state index contributed by atoms with van der Waals surface area (Å²) in [4.78, 5) is 0. The van der Waals surface area contributed by atoms with Crippen molar-refractivity contribution in [2.24, 2.45) is 0 Å². The molecule has 0 radical (unpaired) electrons. The summed E-state index contributed by atoms with van der Waals surface area (Å²) in [5.41, 5.74) is -7.75. The molecule has 1 nitrogen and oxygen atoms in total. The maximum atomic E-state index is 15.4. The predicted octanol–water partition coefficient (Wildman–Crippen LogP) is 9.92. The van der Waals surface area contributed by atoms with Crippen molar-refractivity contribution in [1.82, 2.24) is 0 Å². The van der Waals surface area contributed by atoms with Crippen LogP contribution >= 0.6 is 0 Å². The van der Waals surface area contributed by atoms with Gasteiger partial charge in [0.25, 0.3) is 0 Å². The van der Waals surface area contributed by atoms with Gasteiger partial charge in [0.1, 0.15) is 17.2 Å². The first-order valence-corrected chi connectivity index (χ1v) is 12.7. The van der Waals surface area contributed by atoms with Crippen LogP contribution in [0.15, 0.2) is 36.4 Å². The first kappa shape index (κ1) is 29.7. The molecule has 0 heterocycles. The second kappa shape index (κ2) is 10.6. The van der Waals surface area contributed by atoms with E-state index in [0.717, 1.165) is 24.6 Å². The van der Waals surface area contributed by atoms with Gasteiger partial charge in [-0.05, 0) is 53.6 Å². The number of hydrogen-bond donors (Lipinski definition) is 0. The number of alkyl halides is 6. The van der Waals surface area contributed by atoms with E-state index in [1.165, 1.54) is 0 Å². The number of hydrogen-bond acceptors (Lipinski definition) is 1. The highest BCUT2D eigenvalue weighted by Gasteiger charge is 2.66. The summed E-state index contributed by atoms with van der Waals surface area (Å²) < 4.78 is 154. The molecule has 1 aliphatic rings. The molecule has 0 fully saturated rings. The highest BCUT2D eigenvalue weighted by Crippen LogP contribution is 2.60. The number of fused-ring (bicyclic) bond motifs is 3. The topological polar surface area (TPSA) is 9.23 Å². The quantitative estimate of drug-likeness (QED) is 0.181. The van der Waals surface area contributed by atoms with E-state index in [-0.39, 0.29) is 24.0 Å². The van der Waals surface area contributed by atoms with E-state index in [9.17, 15) is 13.2 Å². The minimum absolute atomic E-state index is 0.0403. The number of rotatable bonds is 9. The van der Waals surface area contributed by atoms with Crippen molar-refractivity contribution in [2.45, 2.75) is 70.3 Å². The molecular formula is C29H24F10O. The lowest BCUT2D eigenvalue weighted by molar-refractivity contribution is -0.228. The van der Waals surface area contributed by atoms with Crippen molar-refractivity contribution in [3.05, 3.63) is 87.5 Å². The van der Waals surface area contributed by atoms with Crippen molar-refractivity contribution in [3.63, 3.8) is 0 Å². The third-order valence-electron chi connectivity index (χ3n) is 6.92. The summed E-state index contributed by atoms with van der Waals surface area (Å²) in [5.74, 6) is -19.4. The third-order valence-corrected chi connectivity index (χ3v) is 6.92. The number of benzene rings is 3. The molecule has 3 aromatic carbocycles. The van der Waals surface area contributed by atoms with E-state index in [2.05, 4.69) is 4.74 Å². The maximum Gasteiger partial charge on any atom is 0.429 e. The second-order valence-corrected chi connectivity index (χ2v) is 9.64. The summed E-state index contributed by atoms with van der Waals surface area (Å²) in [7, 11) is 0. The average molecular weight is 578 g/mol. The Labute approximate surface area is 223 Å². The standard InChI is InChI=1S/C29H24F10O/c1-3-5-6-8-16-10-14-20(26(33)24(16)31)40-29(38,39)19-13-12-18-17-11-9-15(7-4-2)23(30)21(17)27(34,35)28(36,37)22(18)25(19)32/h9-14H,3-8H2,1-2H3. The molecule has 1 aliphatic carbocycles. The Morgan fingerprint density at radius 2 is 1.18 bits per heavy atom. The molecule has 4 rings (SSSR count). The van der Waals surface area contributed by atoms with Crippen LogP contribution in [0.4, 0.5) is 43.9 Å². The predicted molar refractivity (Wildman–Crippen MR) is 128 cm³/mol. The molecule has 0 spiro atoms. The molecule has 0 atom stereocenters. The van der Waals surface area contributed by atoms with Gasteiger partial charge in [-0.1, -0.05) is 57.4 Å². The van der Waals surface area contributed by atoms with E-state index in [4.69, 9.17) is 0 Å². The maximum absolute atomic E-state index is 15.4. The van der Waals surface area contributed by atoms with Crippen LogP contribution in [0.2, 0.25) is 0 Å². The molecule has 0 bridgehead atoms. The van der Waals surface area contributed by atoms with Gasteiger partial charge in [-0.25, -0.2) is 13.2 Å². The number of unbranched alkanes of at least 4 members (excludes halogenated alkanes) is 2. The van der Waals surface area contributed by atoms with Gasteiger partial charge >= 0.3 is 18.0 Å². The van der Waals surface area contributed by atoms with Crippen LogP contribution in [0.3, 0.4) is 0 Å². The molecule has 11 heteroatoms. The van der Waals surface area contributed by atoms with Gasteiger partial charge < -0.3 is 4.74 Å². The Bertz CT molecular complexity index is 1430. The highest BCUT2D eigenvalue weighted by atomic mass is 19.3. The van der Waals surface area contributed by atoms with Crippen LogP contribution in [0.5, 0.6) is 5.75 Å². The van der Waals surface area contributed by atoms with Crippen molar-refractivity contribution in [1.29, 1.82) is 0 Å². The summed E-state index contributed by atoms with van der Waals surface area (Å²) in [5, 5.41) is 0. The lowest BCUT2D eigenvalue weighted by Gasteiger charge is -2.36. The molecule has 40 heavy (non-hydrogen) atoms. The van der Waals surface area contributed by atoms with E-state index >= 15 is 30.7 Å². The van der Waals surface area contributed by atoms with Crippen molar-refractivity contribution in [3.8, 4) is 16.9 Å². The summed E-state index contributed by atoms with van der Waals surface area (Å²) in [6, 6.07) is 4.46. The summed E-state index contributed by atoms with van der Waals surface area (Å²) >= 11 is 0. The fourth-order valence-electron chi connectivity index (χ4n) is 4.86. The Morgan fingerprint density at radius 3 is 1.77 bits per heavy atom. The van der Waals surface area contributed by atoms with Gasteiger partial charge in [0.2, 0.25) is 5.82 Å². The van der Waals surface area contributed by atoms with Crippen LogP contribution in [-0.4, -0.2) is 0 Å². The van der Waals surface area contributed by atoms with Crippen LogP contribution in [0, 0.1) is 23.3 Å². The minimum atomic E-state index is -5.45. The molecule has 0 amide bonds. The van der Waals surface area contributed by atoms with E-state index in [0.29, 0.717) is 37.5 Å². The molecule has 216 valence electrons. The lowest BCUT2D eigenvalue weighted by atomic mass is 9.78. The zero-order chi connectivity index (χ0) is 29.6. The fourth-order valence-corrected chi connectivity index (χ4v) is 4.86. The van der Waals surface area contributed by atoms with Crippen LogP contribution < -0.4 is 4.74 Å². The van der Waals surface area contributed by atoms with E-state index in [1.807, 2.05) is 6.92 Å². The summed E-state index contributed by atoms with van der Waals surface area (Å²) in [6.45, 7) is 3.50. The molecular weight excluding hydrogens is 554 g/mol. The molecule has 0 saturated heterocycles. The average Bonchev–Trinajstić information content (AvgIpc) is 2.88. The first-order valence-electron chi connectivity index (χ1n) is 12.7. The van der Waals surface area contributed by atoms with Gasteiger partial charge in [-0.15, -0.1) is 0 Å². The smallest absolute Gasteiger partial charge is 0.426 e. The molecule has 0 saturated carbocycles. The number of ether oxygens (including phenoxy) is 1.